The van der Waals surface area contributed by atoms with Gasteiger partial charge >= 0.3 is 0 Å². The van der Waals surface area contributed by atoms with Gasteiger partial charge in [0.05, 0.1) is 0 Å². The van der Waals surface area contributed by atoms with E-state index in [1.165, 1.54) is 37.8 Å². The molecule has 1 aromatic carbocycles. The van der Waals surface area contributed by atoms with Crippen LogP contribution in [0, 0.1) is 11.8 Å². The van der Waals surface area contributed by atoms with Gasteiger partial charge in [-0.1, -0.05) is 43.2 Å². The van der Waals surface area contributed by atoms with Gasteiger partial charge < -0.3 is 15.0 Å². The summed E-state index contributed by atoms with van der Waals surface area (Å²) in [6.07, 6.45) is 9.49. The number of ether oxygens (including phenoxy) is 1. The molecule has 1 N–H and O–H groups in total. The van der Waals surface area contributed by atoms with E-state index in [1.807, 2.05) is 0 Å². The minimum atomic E-state index is 0.164. The Morgan fingerprint density at radius 3 is 2.36 bits per heavy atom. The molecule has 2 heterocycles. The Hall–Kier alpha value is -1.39. The summed E-state index contributed by atoms with van der Waals surface area (Å²) >= 11 is 0. The Kier molecular flexibility index (Phi) is 7.03. The highest BCUT2D eigenvalue weighted by Crippen LogP contribution is 2.38. The Morgan fingerprint density at radius 2 is 1.68 bits per heavy atom. The van der Waals surface area contributed by atoms with Gasteiger partial charge in [0.15, 0.2) is 0 Å². The maximum atomic E-state index is 12.5. The molecule has 28 heavy (non-hydrogen) atoms. The Labute approximate surface area is 170 Å². The molecule has 1 atom stereocenters. The molecule has 4 nitrogen and oxygen atoms in total. The molecule has 154 valence electrons. The van der Waals surface area contributed by atoms with Crippen LogP contribution in [0.15, 0.2) is 30.3 Å². The highest BCUT2D eigenvalue weighted by atomic mass is 16.5. The zero-order chi connectivity index (χ0) is 19.2. The van der Waals surface area contributed by atoms with E-state index in [1.54, 1.807) is 0 Å². The topological polar surface area (TPSA) is 41.6 Å². The maximum Gasteiger partial charge on any atom is 0.223 e. The lowest BCUT2D eigenvalue weighted by Gasteiger charge is -2.37. The number of likely N-dealkylation sites (tertiary alicyclic amines) is 1. The van der Waals surface area contributed by atoms with Crippen LogP contribution < -0.4 is 5.32 Å². The van der Waals surface area contributed by atoms with Crippen LogP contribution in [0.4, 0.5) is 0 Å². The smallest absolute Gasteiger partial charge is 0.223 e. The summed E-state index contributed by atoms with van der Waals surface area (Å²) < 4.78 is 5.38. The second-order valence-electron chi connectivity index (χ2n) is 9.03. The number of hydrogen-bond acceptors (Lipinski definition) is 3. The van der Waals surface area contributed by atoms with Crippen LogP contribution in [0.5, 0.6) is 0 Å². The van der Waals surface area contributed by atoms with Crippen molar-refractivity contribution in [1.29, 1.82) is 0 Å². The van der Waals surface area contributed by atoms with E-state index in [0.29, 0.717) is 12.0 Å². The monoisotopic (exact) mass is 384 g/mol. The zero-order valence-corrected chi connectivity index (χ0v) is 17.2. The normalized spacial score (nSPS) is 24.3. The average molecular weight is 385 g/mol. The summed E-state index contributed by atoms with van der Waals surface area (Å²) in [5.74, 6) is 1.93. The number of hydrogen-bond donors (Lipinski definition) is 1. The van der Waals surface area contributed by atoms with Crippen molar-refractivity contribution >= 4 is 5.91 Å². The molecular weight excluding hydrogens is 348 g/mol. The summed E-state index contributed by atoms with van der Waals surface area (Å²) in [6.45, 7) is 4.86. The minimum Gasteiger partial charge on any atom is -0.381 e. The van der Waals surface area contributed by atoms with Crippen LogP contribution in [-0.2, 0) is 9.53 Å². The minimum absolute atomic E-state index is 0.164. The van der Waals surface area contributed by atoms with Gasteiger partial charge in [0.25, 0.3) is 0 Å². The van der Waals surface area contributed by atoms with E-state index in [0.717, 1.165) is 57.9 Å². The molecule has 0 bridgehead atoms. The van der Waals surface area contributed by atoms with Crippen LogP contribution in [0.25, 0.3) is 0 Å². The first-order valence-corrected chi connectivity index (χ1v) is 11.4. The van der Waals surface area contributed by atoms with Crippen molar-refractivity contribution in [2.24, 2.45) is 11.8 Å². The molecular formula is C24H36N2O2. The van der Waals surface area contributed by atoms with Crippen molar-refractivity contribution in [1.82, 2.24) is 10.2 Å². The predicted octanol–water partition coefficient (Wildman–Crippen LogP) is 3.97. The fourth-order valence-electron chi connectivity index (χ4n) is 5.40. The number of carbonyl (C=O) groups excluding carboxylic acids is 1. The van der Waals surface area contributed by atoms with Crippen molar-refractivity contribution in [3.8, 4) is 0 Å². The van der Waals surface area contributed by atoms with E-state index in [4.69, 9.17) is 4.74 Å². The van der Waals surface area contributed by atoms with E-state index < -0.39 is 0 Å². The number of nitrogens with one attached hydrogen (secondary N) is 1. The SMILES string of the molecule is O=C(NC1CCN(C[C@H](c2ccccc2)C2CCCC2)CC1)C1CCOCC1. The Balaban J connectivity index is 1.28. The lowest BCUT2D eigenvalue weighted by atomic mass is 9.84. The third-order valence-electron chi connectivity index (χ3n) is 7.18. The number of carbonyl (C=O) groups is 1. The van der Waals surface area contributed by atoms with Crippen molar-refractivity contribution in [2.45, 2.75) is 63.3 Å². The first-order chi connectivity index (χ1) is 13.8. The summed E-state index contributed by atoms with van der Waals surface area (Å²) in [7, 11) is 0. The summed E-state index contributed by atoms with van der Waals surface area (Å²) in [5, 5.41) is 3.33. The number of piperidine rings is 1. The molecule has 2 aliphatic heterocycles. The third-order valence-corrected chi connectivity index (χ3v) is 7.18. The third kappa shape index (κ3) is 5.15. The largest absolute Gasteiger partial charge is 0.381 e. The fraction of sp³-hybridized carbons (Fsp3) is 0.708. The second-order valence-corrected chi connectivity index (χ2v) is 9.03. The summed E-state index contributed by atoms with van der Waals surface area (Å²) in [5.41, 5.74) is 1.52. The van der Waals surface area contributed by atoms with Gasteiger partial charge in [-0.3, -0.25) is 4.79 Å². The number of rotatable bonds is 6. The average Bonchev–Trinajstić information content (AvgIpc) is 3.29. The van der Waals surface area contributed by atoms with E-state index in [9.17, 15) is 4.79 Å². The molecule has 0 unspecified atom stereocenters. The highest BCUT2D eigenvalue weighted by molar-refractivity contribution is 5.79. The van der Waals surface area contributed by atoms with Gasteiger partial charge in [-0.2, -0.15) is 0 Å². The molecule has 0 spiro atoms. The quantitative estimate of drug-likeness (QED) is 0.807. The lowest BCUT2D eigenvalue weighted by molar-refractivity contribution is -0.128. The number of nitrogens with zero attached hydrogens (tertiary/aromatic N) is 1. The van der Waals surface area contributed by atoms with Crippen LogP contribution in [0.2, 0.25) is 0 Å². The van der Waals surface area contributed by atoms with Gasteiger partial charge in [0, 0.05) is 44.8 Å². The van der Waals surface area contributed by atoms with E-state index >= 15 is 0 Å². The van der Waals surface area contributed by atoms with Crippen LogP contribution in [0.1, 0.15) is 62.8 Å². The van der Waals surface area contributed by atoms with Crippen molar-refractivity contribution in [3.05, 3.63) is 35.9 Å². The van der Waals surface area contributed by atoms with Gasteiger partial charge in [0.2, 0.25) is 5.91 Å². The molecule has 1 aromatic rings. The molecule has 4 rings (SSSR count). The van der Waals surface area contributed by atoms with Crippen LogP contribution in [-0.4, -0.2) is 49.7 Å². The first kappa shape index (κ1) is 19.9. The number of amides is 1. The zero-order valence-electron chi connectivity index (χ0n) is 17.2. The molecule has 0 aromatic heterocycles. The fourth-order valence-corrected chi connectivity index (χ4v) is 5.40. The molecule has 2 saturated heterocycles. The molecule has 1 amide bonds. The van der Waals surface area contributed by atoms with Crippen molar-refractivity contribution < 1.29 is 9.53 Å². The van der Waals surface area contributed by atoms with Gasteiger partial charge in [0.1, 0.15) is 0 Å². The Morgan fingerprint density at radius 1 is 1.00 bits per heavy atom. The molecule has 1 aliphatic carbocycles. The predicted molar refractivity (Wildman–Crippen MR) is 112 cm³/mol. The maximum absolute atomic E-state index is 12.5. The lowest BCUT2D eigenvalue weighted by Crippen LogP contribution is -2.47. The highest BCUT2D eigenvalue weighted by Gasteiger charge is 2.30. The van der Waals surface area contributed by atoms with Crippen molar-refractivity contribution in [2.75, 3.05) is 32.8 Å². The van der Waals surface area contributed by atoms with E-state index in [-0.39, 0.29) is 11.8 Å². The van der Waals surface area contributed by atoms with Gasteiger partial charge in [-0.15, -0.1) is 0 Å². The van der Waals surface area contributed by atoms with Gasteiger partial charge in [-0.25, -0.2) is 0 Å². The second kappa shape index (κ2) is 9.89. The standard InChI is InChI=1S/C24H36N2O2/c27-24(21-12-16-28-17-13-21)25-22-10-14-26(15-11-22)18-23(20-8-4-5-9-20)19-6-2-1-3-7-19/h1-3,6-7,20-23H,4-5,8-18H2,(H,25,27)/t23-/m1/s1. The van der Waals surface area contributed by atoms with Crippen LogP contribution in [0.3, 0.4) is 0 Å². The van der Waals surface area contributed by atoms with Crippen molar-refractivity contribution in [3.63, 3.8) is 0 Å². The first-order valence-electron chi connectivity index (χ1n) is 11.4. The van der Waals surface area contributed by atoms with E-state index in [2.05, 4.69) is 40.5 Å². The Bertz CT molecular complexity index is 600. The van der Waals surface area contributed by atoms with Gasteiger partial charge in [-0.05, 0) is 55.9 Å². The molecule has 1 saturated carbocycles. The molecule has 0 radical (unpaired) electrons. The summed E-state index contributed by atoms with van der Waals surface area (Å²) in [6, 6.07) is 11.5. The number of benzene rings is 1. The molecule has 3 aliphatic rings. The molecule has 3 fully saturated rings. The van der Waals surface area contributed by atoms with Crippen LogP contribution >= 0.6 is 0 Å². The molecule has 4 heteroatoms. The summed E-state index contributed by atoms with van der Waals surface area (Å²) in [4.78, 5) is 15.2.